The number of aryl methyl sites for hydroxylation is 2. The van der Waals surface area contributed by atoms with Gasteiger partial charge in [-0.2, -0.15) is 0 Å². The van der Waals surface area contributed by atoms with Crippen LogP contribution in [0.15, 0.2) is 10.6 Å². The van der Waals surface area contributed by atoms with Gasteiger partial charge in [0, 0.05) is 32.1 Å². The molecule has 4 heteroatoms. The third kappa shape index (κ3) is 6.77. The summed E-state index contributed by atoms with van der Waals surface area (Å²) >= 11 is 0. The maximum absolute atomic E-state index is 5.68. The molecular formula is C14H26N2O2. The summed E-state index contributed by atoms with van der Waals surface area (Å²) < 4.78 is 11.0. The second kappa shape index (κ2) is 9.11. The highest BCUT2D eigenvalue weighted by Gasteiger charge is 2.04. The van der Waals surface area contributed by atoms with Gasteiger partial charge in [-0.15, -0.1) is 0 Å². The fourth-order valence-electron chi connectivity index (χ4n) is 1.70. The molecule has 1 N–H and O–H groups in total. The van der Waals surface area contributed by atoms with E-state index >= 15 is 0 Å². The van der Waals surface area contributed by atoms with Crippen LogP contribution < -0.4 is 5.32 Å². The van der Waals surface area contributed by atoms with Crippen LogP contribution in [0.1, 0.15) is 45.3 Å². The van der Waals surface area contributed by atoms with E-state index in [0.717, 1.165) is 57.1 Å². The number of nitrogens with one attached hydrogen (secondary N) is 1. The summed E-state index contributed by atoms with van der Waals surface area (Å²) in [4.78, 5) is 4.30. The van der Waals surface area contributed by atoms with Crippen molar-refractivity contribution in [3.8, 4) is 0 Å². The van der Waals surface area contributed by atoms with Gasteiger partial charge in [-0.3, -0.25) is 0 Å². The van der Waals surface area contributed by atoms with Crippen molar-refractivity contribution in [2.75, 3.05) is 19.8 Å². The monoisotopic (exact) mass is 254 g/mol. The van der Waals surface area contributed by atoms with Gasteiger partial charge in [0.2, 0.25) is 0 Å². The molecule has 18 heavy (non-hydrogen) atoms. The Morgan fingerprint density at radius 2 is 2.17 bits per heavy atom. The first-order valence-corrected chi connectivity index (χ1v) is 6.97. The molecule has 0 saturated carbocycles. The Morgan fingerprint density at radius 1 is 1.33 bits per heavy atom. The molecule has 0 aliphatic rings. The fourth-order valence-corrected chi connectivity index (χ4v) is 1.70. The number of nitrogens with zero attached hydrogens (tertiary/aromatic N) is 1. The molecule has 1 heterocycles. The lowest BCUT2D eigenvalue weighted by Gasteiger charge is -2.05. The van der Waals surface area contributed by atoms with E-state index in [4.69, 9.17) is 9.15 Å². The summed E-state index contributed by atoms with van der Waals surface area (Å²) in [6.07, 6.45) is 5.73. The molecule has 1 rings (SSSR count). The van der Waals surface area contributed by atoms with Gasteiger partial charge in [-0.1, -0.05) is 13.8 Å². The van der Waals surface area contributed by atoms with Crippen LogP contribution in [-0.2, 0) is 17.6 Å². The predicted octanol–water partition coefficient (Wildman–Crippen LogP) is 2.57. The van der Waals surface area contributed by atoms with Gasteiger partial charge in [0.25, 0.3) is 0 Å². The van der Waals surface area contributed by atoms with E-state index < -0.39 is 0 Å². The zero-order valence-corrected chi connectivity index (χ0v) is 11.9. The summed E-state index contributed by atoms with van der Waals surface area (Å²) in [5.41, 5.74) is 0. The Balaban J connectivity index is 2.13. The second-order valence-electron chi connectivity index (χ2n) is 4.73. The van der Waals surface area contributed by atoms with Crippen molar-refractivity contribution < 1.29 is 9.15 Å². The van der Waals surface area contributed by atoms with Gasteiger partial charge in [0.05, 0.1) is 6.20 Å². The highest BCUT2D eigenvalue weighted by molar-refractivity contribution is 4.94. The topological polar surface area (TPSA) is 47.3 Å². The van der Waals surface area contributed by atoms with Crippen molar-refractivity contribution in [2.24, 2.45) is 0 Å². The molecular weight excluding hydrogens is 228 g/mol. The summed E-state index contributed by atoms with van der Waals surface area (Å²) in [5.74, 6) is 1.83. The van der Waals surface area contributed by atoms with E-state index in [0.29, 0.717) is 6.04 Å². The molecule has 0 spiro atoms. The van der Waals surface area contributed by atoms with Gasteiger partial charge in [0.1, 0.15) is 5.76 Å². The largest absolute Gasteiger partial charge is 0.446 e. The van der Waals surface area contributed by atoms with Crippen LogP contribution >= 0.6 is 0 Å². The molecule has 1 aromatic heterocycles. The lowest BCUT2D eigenvalue weighted by Crippen LogP contribution is -2.23. The molecule has 0 saturated heterocycles. The third-order valence-corrected chi connectivity index (χ3v) is 2.64. The van der Waals surface area contributed by atoms with Crippen LogP contribution in [0, 0.1) is 0 Å². The van der Waals surface area contributed by atoms with E-state index in [9.17, 15) is 0 Å². The molecule has 0 bridgehead atoms. The molecule has 0 radical (unpaired) electrons. The van der Waals surface area contributed by atoms with E-state index in [1.807, 2.05) is 13.1 Å². The molecule has 4 nitrogen and oxygen atoms in total. The van der Waals surface area contributed by atoms with Gasteiger partial charge in [-0.05, 0) is 26.3 Å². The normalized spacial score (nSPS) is 11.3. The molecule has 0 aliphatic carbocycles. The molecule has 0 aliphatic heterocycles. The van der Waals surface area contributed by atoms with E-state index in [2.05, 4.69) is 24.1 Å². The number of hydrogen-bond acceptors (Lipinski definition) is 4. The van der Waals surface area contributed by atoms with Gasteiger partial charge < -0.3 is 14.5 Å². The Labute approximate surface area is 110 Å². The van der Waals surface area contributed by atoms with Gasteiger partial charge >= 0.3 is 0 Å². The smallest absolute Gasteiger partial charge is 0.194 e. The maximum atomic E-state index is 5.68. The van der Waals surface area contributed by atoms with Crippen LogP contribution in [-0.4, -0.2) is 30.8 Å². The fraction of sp³-hybridized carbons (Fsp3) is 0.786. The van der Waals surface area contributed by atoms with E-state index in [-0.39, 0.29) is 0 Å². The van der Waals surface area contributed by atoms with Crippen molar-refractivity contribution in [3.05, 3.63) is 17.8 Å². The predicted molar refractivity (Wildman–Crippen MR) is 72.8 cm³/mol. The average molecular weight is 254 g/mol. The Hall–Kier alpha value is -0.870. The standard InChI is InChI=1S/C14H26N2O2/c1-4-17-10-6-7-13-11-16-14(18-13)8-5-9-15-12(2)3/h11-12,15H,4-10H2,1-3H3. The molecule has 0 aromatic carbocycles. The van der Waals surface area contributed by atoms with Crippen LogP contribution in [0.5, 0.6) is 0 Å². The minimum Gasteiger partial charge on any atom is -0.446 e. The van der Waals surface area contributed by atoms with Crippen molar-refractivity contribution >= 4 is 0 Å². The van der Waals surface area contributed by atoms with Crippen molar-refractivity contribution in [1.82, 2.24) is 10.3 Å². The average Bonchev–Trinajstić information content (AvgIpc) is 2.78. The Kier molecular flexibility index (Phi) is 7.69. The molecule has 0 amide bonds. The maximum Gasteiger partial charge on any atom is 0.194 e. The Bertz CT molecular complexity index is 310. The number of aromatic nitrogens is 1. The third-order valence-electron chi connectivity index (χ3n) is 2.64. The van der Waals surface area contributed by atoms with Crippen LogP contribution in [0.3, 0.4) is 0 Å². The van der Waals surface area contributed by atoms with Gasteiger partial charge in [-0.25, -0.2) is 4.98 Å². The number of rotatable bonds is 10. The van der Waals surface area contributed by atoms with E-state index in [1.54, 1.807) is 0 Å². The molecule has 0 unspecified atom stereocenters. The SMILES string of the molecule is CCOCCCc1cnc(CCCNC(C)C)o1. The summed E-state index contributed by atoms with van der Waals surface area (Å²) in [6.45, 7) is 8.91. The second-order valence-corrected chi connectivity index (χ2v) is 4.73. The first-order valence-electron chi connectivity index (χ1n) is 6.97. The lowest BCUT2D eigenvalue weighted by molar-refractivity contribution is 0.144. The first kappa shape index (κ1) is 15.2. The number of ether oxygens (including phenoxy) is 1. The van der Waals surface area contributed by atoms with Crippen molar-refractivity contribution in [2.45, 2.75) is 52.5 Å². The molecule has 0 atom stereocenters. The van der Waals surface area contributed by atoms with Gasteiger partial charge in [0.15, 0.2) is 5.89 Å². The Morgan fingerprint density at radius 3 is 2.89 bits per heavy atom. The van der Waals surface area contributed by atoms with Crippen LogP contribution in [0.2, 0.25) is 0 Å². The van der Waals surface area contributed by atoms with Crippen molar-refractivity contribution in [3.63, 3.8) is 0 Å². The lowest BCUT2D eigenvalue weighted by atomic mass is 10.3. The zero-order valence-electron chi connectivity index (χ0n) is 11.9. The molecule has 0 fully saturated rings. The van der Waals surface area contributed by atoms with E-state index in [1.165, 1.54) is 0 Å². The number of hydrogen-bond donors (Lipinski definition) is 1. The molecule has 104 valence electrons. The summed E-state index contributed by atoms with van der Waals surface area (Å²) in [6, 6.07) is 0.545. The first-order chi connectivity index (χ1) is 8.72. The highest BCUT2D eigenvalue weighted by atomic mass is 16.5. The van der Waals surface area contributed by atoms with Crippen molar-refractivity contribution in [1.29, 1.82) is 0 Å². The summed E-state index contributed by atoms with van der Waals surface area (Å²) in [7, 11) is 0. The van der Waals surface area contributed by atoms with Crippen LogP contribution in [0.25, 0.3) is 0 Å². The quantitative estimate of drug-likeness (QED) is 0.652. The minimum absolute atomic E-state index is 0.545. The highest BCUT2D eigenvalue weighted by Crippen LogP contribution is 2.08. The minimum atomic E-state index is 0.545. The summed E-state index contributed by atoms with van der Waals surface area (Å²) in [5, 5.41) is 3.38. The molecule has 1 aromatic rings. The number of oxazole rings is 1. The van der Waals surface area contributed by atoms with Crippen LogP contribution in [0.4, 0.5) is 0 Å². The zero-order chi connectivity index (χ0) is 13.2.